The van der Waals surface area contributed by atoms with Crippen LogP contribution in [0.5, 0.6) is 0 Å². The van der Waals surface area contributed by atoms with Crippen LogP contribution in [0.15, 0.2) is 24.5 Å². The van der Waals surface area contributed by atoms with Gasteiger partial charge < -0.3 is 5.11 Å². The lowest BCUT2D eigenvalue weighted by atomic mass is 10.1. The second-order valence-corrected chi connectivity index (χ2v) is 4.17. The second-order valence-electron chi connectivity index (χ2n) is 4.17. The largest absolute Gasteiger partial charge is 0.376 e. The van der Waals surface area contributed by atoms with E-state index in [1.165, 1.54) is 5.56 Å². The van der Waals surface area contributed by atoms with Crippen molar-refractivity contribution in [1.29, 1.82) is 0 Å². The molecular formula is C11H16N2O. The summed E-state index contributed by atoms with van der Waals surface area (Å²) in [5, 5.41) is 10.0. The molecule has 2 atom stereocenters. The van der Waals surface area contributed by atoms with E-state index in [-0.39, 0.29) is 0 Å². The van der Waals surface area contributed by atoms with E-state index in [1.54, 1.807) is 6.20 Å². The molecule has 0 amide bonds. The van der Waals surface area contributed by atoms with Gasteiger partial charge in [0, 0.05) is 18.4 Å². The van der Waals surface area contributed by atoms with Gasteiger partial charge in [0.25, 0.3) is 0 Å². The van der Waals surface area contributed by atoms with Gasteiger partial charge in [-0.15, -0.1) is 0 Å². The highest BCUT2D eigenvalue weighted by Gasteiger charge is 2.39. The minimum absolute atomic E-state index is 0.304. The first-order valence-corrected chi connectivity index (χ1v) is 4.96. The molecule has 3 heteroatoms. The molecule has 1 N–H and O–H groups in total. The van der Waals surface area contributed by atoms with Gasteiger partial charge in [0.2, 0.25) is 0 Å². The van der Waals surface area contributed by atoms with Crippen molar-refractivity contribution in [2.45, 2.75) is 31.5 Å². The van der Waals surface area contributed by atoms with E-state index in [0.717, 1.165) is 12.8 Å². The van der Waals surface area contributed by atoms with E-state index in [0.29, 0.717) is 6.04 Å². The topological polar surface area (TPSA) is 36.4 Å². The van der Waals surface area contributed by atoms with Gasteiger partial charge in [-0.3, -0.25) is 9.88 Å². The van der Waals surface area contributed by atoms with Gasteiger partial charge in [-0.2, -0.15) is 0 Å². The van der Waals surface area contributed by atoms with Crippen molar-refractivity contribution in [3.63, 3.8) is 0 Å². The fourth-order valence-corrected chi connectivity index (χ4v) is 2.08. The molecule has 1 aromatic rings. The van der Waals surface area contributed by atoms with Crippen LogP contribution in [0.2, 0.25) is 0 Å². The molecule has 2 heterocycles. The molecule has 1 aliphatic rings. The molecule has 2 rings (SSSR count). The van der Waals surface area contributed by atoms with Gasteiger partial charge in [0.15, 0.2) is 0 Å². The minimum atomic E-state index is -0.666. The maximum atomic E-state index is 10.0. The molecule has 0 spiro atoms. The van der Waals surface area contributed by atoms with Crippen LogP contribution in [0.1, 0.15) is 31.4 Å². The van der Waals surface area contributed by atoms with Crippen molar-refractivity contribution in [1.82, 2.24) is 9.88 Å². The van der Waals surface area contributed by atoms with Gasteiger partial charge in [0.05, 0.1) is 0 Å². The van der Waals surface area contributed by atoms with Gasteiger partial charge in [-0.05, 0) is 38.4 Å². The standard InChI is InChI=1S/C11H16N2O/c1-11(14)6-5-10(13(11)2)9-4-3-7-12-8-9/h3-4,7-8,10,14H,5-6H2,1-2H3. The summed E-state index contributed by atoms with van der Waals surface area (Å²) in [7, 11) is 1.96. The van der Waals surface area contributed by atoms with E-state index < -0.39 is 5.72 Å². The molecule has 1 aliphatic heterocycles. The van der Waals surface area contributed by atoms with Crippen LogP contribution in [0.3, 0.4) is 0 Å². The van der Waals surface area contributed by atoms with Crippen molar-refractivity contribution < 1.29 is 5.11 Å². The van der Waals surface area contributed by atoms with E-state index in [4.69, 9.17) is 0 Å². The maximum absolute atomic E-state index is 10.0. The lowest BCUT2D eigenvalue weighted by Gasteiger charge is -2.30. The van der Waals surface area contributed by atoms with Gasteiger partial charge in [-0.25, -0.2) is 0 Å². The minimum Gasteiger partial charge on any atom is -0.376 e. The first-order chi connectivity index (χ1) is 6.61. The highest BCUT2D eigenvalue weighted by atomic mass is 16.3. The fraction of sp³-hybridized carbons (Fsp3) is 0.545. The Kier molecular flexibility index (Phi) is 2.29. The highest BCUT2D eigenvalue weighted by Crippen LogP contribution is 2.38. The average Bonchev–Trinajstić information content (AvgIpc) is 2.44. The van der Waals surface area contributed by atoms with Crippen molar-refractivity contribution in [3.8, 4) is 0 Å². The smallest absolute Gasteiger partial charge is 0.116 e. The van der Waals surface area contributed by atoms with Crippen LogP contribution in [-0.2, 0) is 0 Å². The number of rotatable bonds is 1. The molecule has 0 saturated carbocycles. The van der Waals surface area contributed by atoms with Crippen LogP contribution in [-0.4, -0.2) is 27.8 Å². The monoisotopic (exact) mass is 192 g/mol. The Bertz CT molecular complexity index is 310. The van der Waals surface area contributed by atoms with Gasteiger partial charge in [-0.1, -0.05) is 6.07 Å². The SMILES string of the molecule is CN1C(c2cccnc2)CCC1(C)O. The molecule has 1 saturated heterocycles. The van der Waals surface area contributed by atoms with Crippen LogP contribution >= 0.6 is 0 Å². The van der Waals surface area contributed by atoms with Gasteiger partial charge in [0.1, 0.15) is 5.72 Å². The Balaban J connectivity index is 2.23. The van der Waals surface area contributed by atoms with Crippen molar-refractivity contribution in [2.24, 2.45) is 0 Å². The molecule has 1 fully saturated rings. The summed E-state index contributed by atoms with van der Waals surface area (Å²) >= 11 is 0. The normalized spacial score (nSPS) is 33.5. The van der Waals surface area contributed by atoms with E-state index in [1.807, 2.05) is 31.1 Å². The second kappa shape index (κ2) is 3.33. The Hall–Kier alpha value is -0.930. The quantitative estimate of drug-likeness (QED) is 0.733. The molecule has 0 aliphatic carbocycles. The molecule has 0 radical (unpaired) electrons. The molecule has 1 aromatic heterocycles. The van der Waals surface area contributed by atoms with Gasteiger partial charge >= 0.3 is 0 Å². The zero-order chi connectivity index (χ0) is 10.2. The first kappa shape index (κ1) is 9.62. The van der Waals surface area contributed by atoms with Crippen molar-refractivity contribution in [3.05, 3.63) is 30.1 Å². The summed E-state index contributed by atoms with van der Waals surface area (Å²) in [5.41, 5.74) is 0.522. The van der Waals surface area contributed by atoms with Crippen LogP contribution in [0.25, 0.3) is 0 Å². The number of nitrogens with zero attached hydrogens (tertiary/aromatic N) is 2. The molecule has 2 unspecified atom stereocenters. The predicted molar refractivity (Wildman–Crippen MR) is 54.6 cm³/mol. The van der Waals surface area contributed by atoms with E-state index in [2.05, 4.69) is 11.1 Å². The number of aromatic nitrogens is 1. The fourth-order valence-electron chi connectivity index (χ4n) is 2.08. The third kappa shape index (κ3) is 1.53. The molecule has 0 aromatic carbocycles. The summed E-state index contributed by atoms with van der Waals surface area (Å²) in [6, 6.07) is 4.31. The summed E-state index contributed by atoms with van der Waals surface area (Å²) in [4.78, 5) is 6.12. The molecule has 14 heavy (non-hydrogen) atoms. The number of pyridine rings is 1. The zero-order valence-electron chi connectivity index (χ0n) is 8.64. The summed E-state index contributed by atoms with van der Waals surface area (Å²) in [5.74, 6) is 0. The van der Waals surface area contributed by atoms with E-state index in [9.17, 15) is 5.11 Å². The molecule has 76 valence electrons. The number of hydrogen-bond donors (Lipinski definition) is 1. The summed E-state index contributed by atoms with van der Waals surface area (Å²) < 4.78 is 0. The third-order valence-corrected chi connectivity index (χ3v) is 3.19. The number of likely N-dealkylation sites (tertiary alicyclic amines) is 1. The molecular weight excluding hydrogens is 176 g/mol. The number of hydrogen-bond acceptors (Lipinski definition) is 3. The number of aliphatic hydroxyl groups is 1. The first-order valence-electron chi connectivity index (χ1n) is 4.96. The lowest BCUT2D eigenvalue weighted by Crippen LogP contribution is -2.38. The zero-order valence-corrected chi connectivity index (χ0v) is 8.64. The Labute approximate surface area is 84.4 Å². The third-order valence-electron chi connectivity index (χ3n) is 3.19. The Morgan fingerprint density at radius 1 is 1.64 bits per heavy atom. The summed E-state index contributed by atoms with van der Waals surface area (Å²) in [6.45, 7) is 1.86. The van der Waals surface area contributed by atoms with Crippen LogP contribution in [0.4, 0.5) is 0 Å². The Morgan fingerprint density at radius 3 is 2.93 bits per heavy atom. The predicted octanol–water partition coefficient (Wildman–Crippen LogP) is 1.56. The maximum Gasteiger partial charge on any atom is 0.116 e. The molecule has 0 bridgehead atoms. The lowest BCUT2D eigenvalue weighted by molar-refractivity contribution is -0.0640. The summed E-state index contributed by atoms with van der Waals surface area (Å²) in [6.07, 6.45) is 5.47. The van der Waals surface area contributed by atoms with Crippen molar-refractivity contribution in [2.75, 3.05) is 7.05 Å². The highest BCUT2D eigenvalue weighted by molar-refractivity contribution is 5.16. The van der Waals surface area contributed by atoms with Crippen LogP contribution in [0, 0.1) is 0 Å². The van der Waals surface area contributed by atoms with Crippen molar-refractivity contribution >= 4 is 0 Å². The molecule has 3 nitrogen and oxygen atoms in total. The van der Waals surface area contributed by atoms with E-state index >= 15 is 0 Å². The average molecular weight is 192 g/mol. The Morgan fingerprint density at radius 2 is 2.43 bits per heavy atom. The van der Waals surface area contributed by atoms with Crippen LogP contribution < -0.4 is 0 Å².